The zero-order valence-electron chi connectivity index (χ0n) is 8.86. The summed E-state index contributed by atoms with van der Waals surface area (Å²) in [5.74, 6) is -0.0410. The first-order valence-corrected chi connectivity index (χ1v) is 6.31. The molecule has 2 rings (SSSR count). The average Bonchev–Trinajstić information content (AvgIpc) is 2.64. The van der Waals surface area contributed by atoms with Crippen LogP contribution >= 0.6 is 11.8 Å². The van der Waals surface area contributed by atoms with Crippen molar-refractivity contribution in [2.24, 2.45) is 0 Å². The Labute approximate surface area is 93.8 Å². The van der Waals surface area contributed by atoms with Crippen molar-refractivity contribution in [2.75, 3.05) is 12.9 Å². The monoisotopic (exact) mass is 231 g/mol. The van der Waals surface area contributed by atoms with Crippen molar-refractivity contribution < 1.29 is 14.6 Å². The fourth-order valence-electron chi connectivity index (χ4n) is 2.36. The number of aliphatic carboxylic acids is 1. The van der Waals surface area contributed by atoms with Crippen LogP contribution in [0.5, 0.6) is 0 Å². The maximum Gasteiger partial charge on any atom is 0.321 e. The van der Waals surface area contributed by atoms with E-state index in [1.54, 1.807) is 18.9 Å². The first kappa shape index (κ1) is 11.2. The highest BCUT2D eigenvalue weighted by Crippen LogP contribution is 2.42. The maximum atomic E-state index is 10.8. The number of thioether (sulfide) groups is 1. The lowest BCUT2D eigenvalue weighted by molar-refractivity contribution is -0.139. The van der Waals surface area contributed by atoms with Gasteiger partial charge in [0.25, 0.3) is 0 Å². The van der Waals surface area contributed by atoms with E-state index in [2.05, 4.69) is 5.32 Å². The van der Waals surface area contributed by atoms with Gasteiger partial charge < -0.3 is 9.84 Å². The third kappa shape index (κ3) is 2.29. The van der Waals surface area contributed by atoms with Crippen LogP contribution in [0.15, 0.2) is 0 Å². The first-order valence-electron chi connectivity index (χ1n) is 5.32. The van der Waals surface area contributed by atoms with Gasteiger partial charge >= 0.3 is 5.97 Å². The van der Waals surface area contributed by atoms with Crippen LogP contribution in [0.4, 0.5) is 0 Å². The molecule has 1 spiro atoms. The van der Waals surface area contributed by atoms with Gasteiger partial charge in [-0.2, -0.15) is 0 Å². The summed E-state index contributed by atoms with van der Waals surface area (Å²) < 4.78 is 5.31. The zero-order valence-corrected chi connectivity index (χ0v) is 9.68. The molecule has 1 aliphatic carbocycles. The van der Waals surface area contributed by atoms with E-state index in [0.29, 0.717) is 11.9 Å². The molecule has 0 radical (unpaired) electrons. The number of methoxy groups -OCH3 is 1. The average molecular weight is 231 g/mol. The molecule has 2 aliphatic rings. The summed E-state index contributed by atoms with van der Waals surface area (Å²) in [6.07, 6.45) is 4.45. The van der Waals surface area contributed by atoms with Crippen molar-refractivity contribution in [3.63, 3.8) is 0 Å². The van der Waals surface area contributed by atoms with E-state index in [9.17, 15) is 4.79 Å². The van der Waals surface area contributed by atoms with Crippen LogP contribution in [0.1, 0.15) is 25.7 Å². The van der Waals surface area contributed by atoms with Crippen molar-refractivity contribution in [3.05, 3.63) is 0 Å². The highest BCUT2D eigenvalue weighted by Gasteiger charge is 2.44. The van der Waals surface area contributed by atoms with Crippen molar-refractivity contribution >= 4 is 17.7 Å². The largest absolute Gasteiger partial charge is 0.480 e. The van der Waals surface area contributed by atoms with E-state index in [0.717, 1.165) is 25.7 Å². The minimum atomic E-state index is -0.728. The molecule has 0 bridgehead atoms. The maximum absolute atomic E-state index is 10.8. The molecule has 1 saturated carbocycles. The predicted octanol–water partition coefficient (Wildman–Crippen LogP) is 1.06. The van der Waals surface area contributed by atoms with Crippen LogP contribution in [0, 0.1) is 0 Å². The molecule has 5 heteroatoms. The minimum absolute atomic E-state index is 0.0120. The normalized spacial score (nSPS) is 40.9. The molecule has 0 unspecified atom stereocenters. The summed E-state index contributed by atoms with van der Waals surface area (Å²) in [5.41, 5.74) is 0. The highest BCUT2D eigenvalue weighted by atomic mass is 32.2. The van der Waals surface area contributed by atoms with Gasteiger partial charge in [0.1, 0.15) is 6.04 Å². The summed E-state index contributed by atoms with van der Waals surface area (Å²) >= 11 is 1.77. The molecule has 1 heterocycles. The van der Waals surface area contributed by atoms with E-state index in [1.165, 1.54) is 0 Å². The van der Waals surface area contributed by atoms with Crippen LogP contribution in [0.25, 0.3) is 0 Å². The molecule has 4 nitrogen and oxygen atoms in total. The van der Waals surface area contributed by atoms with Gasteiger partial charge in [-0.25, -0.2) is 0 Å². The molecular weight excluding hydrogens is 214 g/mol. The van der Waals surface area contributed by atoms with Gasteiger partial charge in [-0.3, -0.25) is 10.1 Å². The Bertz CT molecular complexity index is 251. The van der Waals surface area contributed by atoms with E-state index < -0.39 is 5.97 Å². The second-order valence-electron chi connectivity index (χ2n) is 4.28. The molecule has 86 valence electrons. The van der Waals surface area contributed by atoms with Gasteiger partial charge in [-0.05, 0) is 25.7 Å². The number of ether oxygens (including phenoxy) is 1. The second kappa shape index (κ2) is 4.31. The zero-order chi connectivity index (χ0) is 10.9. The minimum Gasteiger partial charge on any atom is -0.480 e. The number of carboxylic acid groups (broad SMARTS) is 1. The summed E-state index contributed by atoms with van der Waals surface area (Å²) in [6, 6.07) is -0.367. The van der Waals surface area contributed by atoms with Crippen molar-refractivity contribution in [3.8, 4) is 0 Å². The molecule has 0 aromatic heterocycles. The van der Waals surface area contributed by atoms with Crippen molar-refractivity contribution in [2.45, 2.75) is 42.7 Å². The molecule has 0 aromatic rings. The Morgan fingerprint density at radius 2 is 2.20 bits per heavy atom. The lowest BCUT2D eigenvalue weighted by Crippen LogP contribution is -2.47. The molecule has 1 saturated heterocycles. The number of nitrogens with one attached hydrogen (secondary N) is 1. The smallest absolute Gasteiger partial charge is 0.321 e. The molecule has 2 N–H and O–H groups in total. The summed E-state index contributed by atoms with van der Waals surface area (Å²) in [6.45, 7) is 0. The predicted molar refractivity (Wildman–Crippen MR) is 59.0 cm³/mol. The molecule has 2 fully saturated rings. The quantitative estimate of drug-likeness (QED) is 0.744. The Balaban J connectivity index is 1.92. The van der Waals surface area contributed by atoms with Crippen LogP contribution in [-0.4, -0.2) is 41.0 Å². The fraction of sp³-hybridized carbons (Fsp3) is 0.900. The van der Waals surface area contributed by atoms with Gasteiger partial charge in [-0.1, -0.05) is 0 Å². The standard InChI is InChI=1S/C10H17NO3S/c1-14-7-2-4-10(5-3-7)11-8(6-15-10)9(12)13/h7-8,11H,2-6H2,1H3,(H,12,13)/t7?,8-,10?/m1/s1. The summed E-state index contributed by atoms with van der Waals surface area (Å²) in [7, 11) is 1.75. The Morgan fingerprint density at radius 3 is 2.67 bits per heavy atom. The van der Waals surface area contributed by atoms with Gasteiger partial charge in [0.05, 0.1) is 11.0 Å². The summed E-state index contributed by atoms with van der Waals surface area (Å²) in [5, 5.41) is 12.2. The van der Waals surface area contributed by atoms with Crippen LogP contribution in [0.2, 0.25) is 0 Å². The van der Waals surface area contributed by atoms with E-state index in [1.807, 2.05) is 0 Å². The van der Waals surface area contributed by atoms with Crippen LogP contribution in [-0.2, 0) is 9.53 Å². The van der Waals surface area contributed by atoms with Gasteiger partial charge in [0.15, 0.2) is 0 Å². The molecule has 15 heavy (non-hydrogen) atoms. The lowest BCUT2D eigenvalue weighted by Gasteiger charge is -2.36. The second-order valence-corrected chi connectivity index (χ2v) is 5.68. The molecule has 0 aromatic carbocycles. The third-order valence-electron chi connectivity index (χ3n) is 3.34. The SMILES string of the molecule is COC1CCC2(CC1)N[C@@H](C(=O)O)CS2. The lowest BCUT2D eigenvalue weighted by atomic mass is 9.92. The number of hydrogen-bond donors (Lipinski definition) is 2. The molecule has 1 atom stereocenters. The number of carbonyl (C=O) groups is 1. The van der Waals surface area contributed by atoms with E-state index in [-0.39, 0.29) is 10.9 Å². The molecule has 1 aliphatic heterocycles. The van der Waals surface area contributed by atoms with E-state index in [4.69, 9.17) is 9.84 Å². The van der Waals surface area contributed by atoms with E-state index >= 15 is 0 Å². The number of carboxylic acids is 1. The third-order valence-corrected chi connectivity index (χ3v) is 4.91. The summed E-state index contributed by atoms with van der Waals surface area (Å²) in [4.78, 5) is 10.9. The molecule has 0 amide bonds. The van der Waals surface area contributed by atoms with Gasteiger partial charge in [0.2, 0.25) is 0 Å². The first-order chi connectivity index (χ1) is 7.15. The Morgan fingerprint density at radius 1 is 1.53 bits per heavy atom. The number of rotatable bonds is 2. The Kier molecular flexibility index (Phi) is 3.23. The fourth-order valence-corrected chi connectivity index (χ4v) is 3.82. The van der Waals surface area contributed by atoms with Crippen molar-refractivity contribution in [1.82, 2.24) is 5.32 Å². The van der Waals surface area contributed by atoms with Gasteiger partial charge in [0, 0.05) is 12.9 Å². The molecular formula is C10H17NO3S. The Hall–Kier alpha value is -0.260. The topological polar surface area (TPSA) is 58.6 Å². The number of hydrogen-bond acceptors (Lipinski definition) is 4. The highest BCUT2D eigenvalue weighted by molar-refractivity contribution is 8.00. The van der Waals surface area contributed by atoms with Gasteiger partial charge in [-0.15, -0.1) is 11.8 Å². The van der Waals surface area contributed by atoms with Crippen LogP contribution in [0.3, 0.4) is 0 Å². The van der Waals surface area contributed by atoms with Crippen molar-refractivity contribution in [1.29, 1.82) is 0 Å². The van der Waals surface area contributed by atoms with Crippen LogP contribution < -0.4 is 5.32 Å².